The SMILES string of the molecule is Cc1cc(C)c(C(C)NC(=O)c2ccc(Cl)cc2F)cc1C. The Morgan fingerprint density at radius 3 is 2.36 bits per heavy atom. The molecule has 0 saturated carbocycles. The summed E-state index contributed by atoms with van der Waals surface area (Å²) < 4.78 is 13.8. The highest BCUT2D eigenvalue weighted by Crippen LogP contribution is 2.22. The van der Waals surface area contributed by atoms with E-state index >= 15 is 0 Å². The Bertz CT molecular complexity index is 727. The predicted molar refractivity (Wildman–Crippen MR) is 87.9 cm³/mol. The van der Waals surface area contributed by atoms with E-state index in [-0.39, 0.29) is 16.6 Å². The molecular weight excluding hydrogens is 301 g/mol. The highest BCUT2D eigenvalue weighted by Gasteiger charge is 2.17. The summed E-state index contributed by atoms with van der Waals surface area (Å²) in [5.74, 6) is -1.06. The third kappa shape index (κ3) is 3.47. The van der Waals surface area contributed by atoms with Crippen LogP contribution < -0.4 is 5.32 Å². The minimum Gasteiger partial charge on any atom is -0.345 e. The van der Waals surface area contributed by atoms with Crippen molar-refractivity contribution < 1.29 is 9.18 Å². The van der Waals surface area contributed by atoms with Crippen LogP contribution in [0.25, 0.3) is 0 Å². The largest absolute Gasteiger partial charge is 0.345 e. The fourth-order valence-electron chi connectivity index (χ4n) is 2.48. The van der Waals surface area contributed by atoms with E-state index in [2.05, 4.69) is 24.4 Å². The zero-order chi connectivity index (χ0) is 16.4. The maximum absolute atomic E-state index is 13.8. The third-order valence-corrected chi connectivity index (χ3v) is 4.11. The summed E-state index contributed by atoms with van der Waals surface area (Å²) in [6.45, 7) is 7.99. The van der Waals surface area contributed by atoms with Gasteiger partial charge in [-0.25, -0.2) is 4.39 Å². The second kappa shape index (κ2) is 6.49. The smallest absolute Gasteiger partial charge is 0.254 e. The highest BCUT2D eigenvalue weighted by atomic mass is 35.5. The van der Waals surface area contributed by atoms with Crippen molar-refractivity contribution in [2.24, 2.45) is 0 Å². The molecule has 0 saturated heterocycles. The van der Waals surface area contributed by atoms with Gasteiger partial charge in [0.2, 0.25) is 0 Å². The molecule has 0 heterocycles. The molecule has 0 aromatic heterocycles. The number of carbonyl (C=O) groups excluding carboxylic acids is 1. The van der Waals surface area contributed by atoms with E-state index < -0.39 is 11.7 Å². The molecule has 1 unspecified atom stereocenters. The lowest BCUT2D eigenvalue weighted by Gasteiger charge is -2.18. The zero-order valence-electron chi connectivity index (χ0n) is 13.1. The van der Waals surface area contributed by atoms with Gasteiger partial charge in [0.15, 0.2) is 0 Å². The van der Waals surface area contributed by atoms with Crippen molar-refractivity contribution in [3.05, 3.63) is 69.0 Å². The monoisotopic (exact) mass is 319 g/mol. The molecule has 2 rings (SSSR count). The molecule has 0 radical (unpaired) electrons. The standard InChI is InChI=1S/C18H19ClFNO/c1-10-7-12(3)16(8-11(10)2)13(4)21-18(22)15-6-5-14(19)9-17(15)20/h5-9,13H,1-4H3,(H,21,22). The van der Waals surface area contributed by atoms with Crippen molar-refractivity contribution in [1.82, 2.24) is 5.32 Å². The van der Waals surface area contributed by atoms with E-state index in [0.717, 1.165) is 17.2 Å². The molecule has 1 amide bonds. The molecule has 116 valence electrons. The first-order chi connectivity index (χ1) is 10.3. The van der Waals surface area contributed by atoms with Crippen LogP contribution in [0.5, 0.6) is 0 Å². The van der Waals surface area contributed by atoms with Gasteiger partial charge >= 0.3 is 0 Å². The molecule has 1 atom stereocenters. The Kier molecular flexibility index (Phi) is 4.87. The first kappa shape index (κ1) is 16.5. The Hall–Kier alpha value is -1.87. The summed E-state index contributed by atoms with van der Waals surface area (Å²) in [6, 6.07) is 7.99. The molecule has 1 N–H and O–H groups in total. The van der Waals surface area contributed by atoms with Gasteiger partial charge in [-0.3, -0.25) is 4.79 Å². The lowest BCUT2D eigenvalue weighted by atomic mass is 9.96. The number of amides is 1. The van der Waals surface area contributed by atoms with E-state index in [1.165, 1.54) is 23.3 Å². The number of aryl methyl sites for hydroxylation is 3. The van der Waals surface area contributed by atoms with E-state index in [9.17, 15) is 9.18 Å². The maximum atomic E-state index is 13.8. The van der Waals surface area contributed by atoms with Crippen molar-refractivity contribution in [2.75, 3.05) is 0 Å². The van der Waals surface area contributed by atoms with Gasteiger partial charge in [0, 0.05) is 5.02 Å². The molecule has 0 fully saturated rings. The Morgan fingerprint density at radius 2 is 1.73 bits per heavy atom. The maximum Gasteiger partial charge on any atom is 0.254 e. The highest BCUT2D eigenvalue weighted by molar-refractivity contribution is 6.30. The van der Waals surface area contributed by atoms with Crippen LogP contribution in [0.4, 0.5) is 4.39 Å². The average Bonchev–Trinajstić information content (AvgIpc) is 2.42. The molecule has 0 aliphatic rings. The van der Waals surface area contributed by atoms with E-state index in [1.807, 2.05) is 20.8 Å². The summed E-state index contributed by atoms with van der Waals surface area (Å²) in [5.41, 5.74) is 4.51. The van der Waals surface area contributed by atoms with Crippen LogP contribution in [0.15, 0.2) is 30.3 Å². The summed E-state index contributed by atoms with van der Waals surface area (Å²) >= 11 is 5.70. The number of hydrogen-bond donors (Lipinski definition) is 1. The molecule has 22 heavy (non-hydrogen) atoms. The molecule has 0 bridgehead atoms. The van der Waals surface area contributed by atoms with Crippen LogP contribution in [-0.2, 0) is 0 Å². The Morgan fingerprint density at radius 1 is 1.09 bits per heavy atom. The molecule has 2 nitrogen and oxygen atoms in total. The first-order valence-electron chi connectivity index (χ1n) is 7.13. The van der Waals surface area contributed by atoms with Gasteiger partial charge in [-0.15, -0.1) is 0 Å². The fourth-order valence-corrected chi connectivity index (χ4v) is 2.63. The molecular formula is C18H19ClFNO. The van der Waals surface area contributed by atoms with Gasteiger partial charge in [-0.1, -0.05) is 23.7 Å². The lowest BCUT2D eigenvalue weighted by molar-refractivity contribution is 0.0936. The average molecular weight is 320 g/mol. The van der Waals surface area contributed by atoms with Crippen molar-refractivity contribution in [3.8, 4) is 0 Å². The van der Waals surface area contributed by atoms with Crippen LogP contribution >= 0.6 is 11.6 Å². The van der Waals surface area contributed by atoms with Gasteiger partial charge in [0.05, 0.1) is 11.6 Å². The molecule has 4 heteroatoms. The second-order valence-electron chi connectivity index (χ2n) is 5.61. The molecule has 0 aliphatic heterocycles. The minimum atomic E-state index is -0.617. The summed E-state index contributed by atoms with van der Waals surface area (Å²) in [5, 5.41) is 3.11. The molecule has 2 aromatic rings. The Balaban J connectivity index is 2.23. The Labute approximate surface area is 135 Å². The van der Waals surface area contributed by atoms with E-state index in [0.29, 0.717) is 0 Å². The van der Waals surface area contributed by atoms with E-state index in [4.69, 9.17) is 11.6 Å². The normalized spacial score (nSPS) is 12.1. The fraction of sp³-hybridized carbons (Fsp3) is 0.278. The number of hydrogen-bond acceptors (Lipinski definition) is 1. The lowest BCUT2D eigenvalue weighted by Crippen LogP contribution is -2.28. The van der Waals surface area contributed by atoms with Crippen LogP contribution in [0.3, 0.4) is 0 Å². The van der Waals surface area contributed by atoms with Crippen LogP contribution in [0.2, 0.25) is 5.02 Å². The molecule has 2 aromatic carbocycles. The van der Waals surface area contributed by atoms with Crippen molar-refractivity contribution in [3.63, 3.8) is 0 Å². The van der Waals surface area contributed by atoms with Crippen LogP contribution in [-0.4, -0.2) is 5.91 Å². The minimum absolute atomic E-state index is 0.00210. The first-order valence-corrected chi connectivity index (χ1v) is 7.51. The number of benzene rings is 2. The van der Waals surface area contributed by atoms with Crippen molar-refractivity contribution in [1.29, 1.82) is 0 Å². The second-order valence-corrected chi connectivity index (χ2v) is 6.05. The van der Waals surface area contributed by atoms with Gasteiger partial charge in [-0.05, 0) is 68.1 Å². The van der Waals surface area contributed by atoms with Gasteiger partial charge in [0.25, 0.3) is 5.91 Å². The number of halogens is 2. The van der Waals surface area contributed by atoms with Gasteiger partial charge < -0.3 is 5.32 Å². The van der Waals surface area contributed by atoms with Crippen LogP contribution in [0.1, 0.15) is 45.6 Å². The summed E-state index contributed by atoms with van der Waals surface area (Å²) in [7, 11) is 0. The van der Waals surface area contributed by atoms with Crippen molar-refractivity contribution in [2.45, 2.75) is 33.7 Å². The summed E-state index contributed by atoms with van der Waals surface area (Å²) in [6.07, 6.45) is 0. The number of carbonyl (C=O) groups is 1. The topological polar surface area (TPSA) is 29.1 Å². The predicted octanol–water partition coefficient (Wildman–Crippen LogP) is 4.90. The van der Waals surface area contributed by atoms with Crippen molar-refractivity contribution >= 4 is 17.5 Å². The van der Waals surface area contributed by atoms with Gasteiger partial charge in [-0.2, -0.15) is 0 Å². The van der Waals surface area contributed by atoms with Crippen LogP contribution in [0, 0.1) is 26.6 Å². The number of rotatable bonds is 3. The third-order valence-electron chi connectivity index (χ3n) is 3.87. The summed E-state index contributed by atoms with van der Waals surface area (Å²) in [4.78, 5) is 12.2. The van der Waals surface area contributed by atoms with Gasteiger partial charge in [0.1, 0.15) is 5.82 Å². The molecule has 0 aliphatic carbocycles. The molecule has 0 spiro atoms. The zero-order valence-corrected chi connectivity index (χ0v) is 13.9. The quantitative estimate of drug-likeness (QED) is 0.857. The number of nitrogens with one attached hydrogen (secondary N) is 1. The van der Waals surface area contributed by atoms with E-state index in [1.54, 1.807) is 0 Å².